The first-order valence-corrected chi connectivity index (χ1v) is 8.98. The minimum Gasteiger partial charge on any atom is -0.342 e. The molecule has 0 spiro atoms. The molecular formula is C20H23N5O. The summed E-state index contributed by atoms with van der Waals surface area (Å²) in [5, 5.41) is 8.29. The van der Waals surface area contributed by atoms with Crippen LogP contribution in [0.4, 0.5) is 0 Å². The van der Waals surface area contributed by atoms with Crippen molar-refractivity contribution in [1.29, 1.82) is 0 Å². The third kappa shape index (κ3) is 2.85. The molecule has 1 aliphatic carbocycles. The summed E-state index contributed by atoms with van der Waals surface area (Å²) >= 11 is 0. The van der Waals surface area contributed by atoms with E-state index in [9.17, 15) is 4.79 Å². The molecular weight excluding hydrogens is 326 g/mol. The number of amides is 1. The topological polar surface area (TPSA) is 72.7 Å². The van der Waals surface area contributed by atoms with E-state index < -0.39 is 0 Å². The van der Waals surface area contributed by atoms with Crippen LogP contribution in [0.15, 0.2) is 24.5 Å². The molecule has 1 aliphatic rings. The van der Waals surface area contributed by atoms with E-state index in [2.05, 4.69) is 20.4 Å². The van der Waals surface area contributed by atoms with E-state index in [4.69, 9.17) is 0 Å². The number of carbonyl (C=O) groups excluding carboxylic acids is 1. The van der Waals surface area contributed by atoms with Crippen LogP contribution in [0.1, 0.15) is 51.9 Å². The Morgan fingerprint density at radius 2 is 2.04 bits per heavy atom. The maximum Gasteiger partial charge on any atom is 0.252 e. The average Bonchev–Trinajstić information content (AvgIpc) is 3.35. The van der Waals surface area contributed by atoms with Gasteiger partial charge in [-0.2, -0.15) is 5.10 Å². The highest BCUT2D eigenvalue weighted by Gasteiger charge is 2.36. The van der Waals surface area contributed by atoms with E-state index in [1.165, 1.54) is 6.33 Å². The zero-order valence-corrected chi connectivity index (χ0v) is 15.6. The molecule has 0 saturated heterocycles. The molecule has 0 radical (unpaired) electrons. The number of carbonyl (C=O) groups is 1. The van der Waals surface area contributed by atoms with Gasteiger partial charge in [0.2, 0.25) is 0 Å². The third-order valence-corrected chi connectivity index (χ3v) is 5.26. The molecule has 2 heterocycles. The Morgan fingerprint density at radius 1 is 1.27 bits per heavy atom. The van der Waals surface area contributed by atoms with Gasteiger partial charge in [-0.1, -0.05) is 11.6 Å². The molecule has 1 unspecified atom stereocenters. The van der Waals surface area contributed by atoms with Crippen molar-refractivity contribution in [3.8, 4) is 0 Å². The van der Waals surface area contributed by atoms with Crippen LogP contribution >= 0.6 is 0 Å². The first kappa shape index (κ1) is 16.7. The van der Waals surface area contributed by atoms with E-state index >= 15 is 0 Å². The SMILES string of the molecule is Cc1ccc2nc(C)c(C)c(C(=O)NC(c3ncnn3C)C3CC3)c2c1. The van der Waals surface area contributed by atoms with Crippen molar-refractivity contribution in [2.24, 2.45) is 13.0 Å². The third-order valence-electron chi connectivity index (χ3n) is 5.26. The molecule has 1 saturated carbocycles. The fourth-order valence-corrected chi connectivity index (χ4v) is 3.51. The Labute approximate surface area is 152 Å². The Bertz CT molecular complexity index is 1000. The molecule has 0 bridgehead atoms. The van der Waals surface area contributed by atoms with Crippen LogP contribution in [0, 0.1) is 26.7 Å². The van der Waals surface area contributed by atoms with Crippen LogP contribution < -0.4 is 5.32 Å². The van der Waals surface area contributed by atoms with Crippen molar-refractivity contribution in [1.82, 2.24) is 25.1 Å². The van der Waals surface area contributed by atoms with Gasteiger partial charge in [-0.3, -0.25) is 14.5 Å². The molecule has 1 atom stereocenters. The van der Waals surface area contributed by atoms with Crippen LogP contribution in [0.5, 0.6) is 0 Å². The first-order valence-electron chi connectivity index (χ1n) is 8.98. The van der Waals surface area contributed by atoms with Gasteiger partial charge in [0.05, 0.1) is 17.1 Å². The second kappa shape index (κ2) is 6.20. The number of rotatable bonds is 4. The molecule has 4 rings (SSSR count). The molecule has 6 nitrogen and oxygen atoms in total. The normalized spacial score (nSPS) is 15.2. The maximum atomic E-state index is 13.3. The molecule has 2 aromatic heterocycles. The molecule has 134 valence electrons. The maximum absolute atomic E-state index is 13.3. The highest BCUT2D eigenvalue weighted by molar-refractivity contribution is 6.07. The van der Waals surface area contributed by atoms with Crippen molar-refractivity contribution in [2.45, 2.75) is 39.7 Å². The molecule has 3 aromatic rings. The lowest BCUT2D eigenvalue weighted by atomic mass is 9.99. The summed E-state index contributed by atoms with van der Waals surface area (Å²) in [6.07, 6.45) is 3.75. The van der Waals surface area contributed by atoms with Crippen molar-refractivity contribution in [2.75, 3.05) is 0 Å². The Hall–Kier alpha value is -2.76. The highest BCUT2D eigenvalue weighted by Crippen LogP contribution is 2.40. The zero-order chi connectivity index (χ0) is 18.4. The Kier molecular flexibility index (Phi) is 3.98. The molecule has 0 aliphatic heterocycles. The second-order valence-electron chi connectivity index (χ2n) is 7.25. The first-order chi connectivity index (χ1) is 12.5. The fraction of sp³-hybridized carbons (Fsp3) is 0.400. The van der Waals surface area contributed by atoms with Crippen LogP contribution in [-0.2, 0) is 7.05 Å². The van der Waals surface area contributed by atoms with Gasteiger partial charge < -0.3 is 5.32 Å². The van der Waals surface area contributed by atoms with Crippen molar-refractivity contribution in [3.63, 3.8) is 0 Å². The number of pyridine rings is 1. The van der Waals surface area contributed by atoms with E-state index in [1.807, 2.05) is 46.0 Å². The number of hydrogen-bond donors (Lipinski definition) is 1. The molecule has 1 fully saturated rings. The zero-order valence-electron chi connectivity index (χ0n) is 15.6. The number of nitrogens with one attached hydrogen (secondary N) is 1. The summed E-state index contributed by atoms with van der Waals surface area (Å²) in [7, 11) is 1.87. The molecule has 1 N–H and O–H groups in total. The minimum atomic E-state index is -0.109. The predicted octanol–water partition coefficient (Wildman–Crippen LogP) is 3.17. The van der Waals surface area contributed by atoms with E-state index in [-0.39, 0.29) is 11.9 Å². The smallest absolute Gasteiger partial charge is 0.252 e. The fourth-order valence-electron chi connectivity index (χ4n) is 3.51. The molecule has 6 heteroatoms. The monoisotopic (exact) mass is 349 g/mol. The standard InChI is InChI=1S/C20H23N5O/c1-11-5-8-16-15(9-11)17(12(2)13(3)23-16)20(26)24-18(14-6-7-14)19-21-10-22-25(19)4/h5,8-10,14,18H,6-7H2,1-4H3,(H,24,26). The van der Waals surface area contributed by atoms with Gasteiger partial charge in [0.15, 0.2) is 0 Å². The largest absolute Gasteiger partial charge is 0.342 e. The number of benzene rings is 1. The number of hydrogen-bond acceptors (Lipinski definition) is 4. The number of aromatic nitrogens is 4. The summed E-state index contributed by atoms with van der Waals surface area (Å²) < 4.78 is 1.75. The summed E-state index contributed by atoms with van der Waals surface area (Å²) in [5.41, 5.74) is 4.49. The van der Waals surface area contributed by atoms with Gasteiger partial charge in [-0.15, -0.1) is 0 Å². The summed E-state index contributed by atoms with van der Waals surface area (Å²) in [5.74, 6) is 1.17. The van der Waals surface area contributed by atoms with Crippen LogP contribution in [0.25, 0.3) is 10.9 Å². The lowest BCUT2D eigenvalue weighted by Gasteiger charge is -2.19. The van der Waals surface area contributed by atoms with E-state index in [0.717, 1.165) is 46.4 Å². The van der Waals surface area contributed by atoms with Gasteiger partial charge >= 0.3 is 0 Å². The second-order valence-corrected chi connectivity index (χ2v) is 7.25. The number of aryl methyl sites for hydroxylation is 3. The average molecular weight is 349 g/mol. The molecule has 1 amide bonds. The van der Waals surface area contributed by atoms with Gasteiger partial charge in [0.25, 0.3) is 5.91 Å². The van der Waals surface area contributed by atoms with Crippen LogP contribution in [0.2, 0.25) is 0 Å². The Balaban J connectivity index is 1.77. The summed E-state index contributed by atoms with van der Waals surface area (Å²) in [6.45, 7) is 5.95. The van der Waals surface area contributed by atoms with Crippen LogP contribution in [-0.4, -0.2) is 25.7 Å². The van der Waals surface area contributed by atoms with E-state index in [0.29, 0.717) is 11.5 Å². The quantitative estimate of drug-likeness (QED) is 0.785. The predicted molar refractivity (Wildman–Crippen MR) is 99.9 cm³/mol. The van der Waals surface area contributed by atoms with Gasteiger partial charge in [-0.05, 0) is 57.2 Å². The van der Waals surface area contributed by atoms with Crippen molar-refractivity contribution < 1.29 is 4.79 Å². The lowest BCUT2D eigenvalue weighted by molar-refractivity contribution is 0.0929. The highest BCUT2D eigenvalue weighted by atomic mass is 16.1. The summed E-state index contributed by atoms with van der Waals surface area (Å²) in [6, 6.07) is 5.94. The Morgan fingerprint density at radius 3 is 2.69 bits per heavy atom. The van der Waals surface area contributed by atoms with Crippen molar-refractivity contribution in [3.05, 3.63) is 52.7 Å². The number of fused-ring (bicyclic) bond motifs is 1. The van der Waals surface area contributed by atoms with Gasteiger partial charge in [0, 0.05) is 18.1 Å². The number of nitrogens with zero attached hydrogens (tertiary/aromatic N) is 4. The van der Waals surface area contributed by atoms with E-state index in [1.54, 1.807) is 4.68 Å². The molecule has 1 aromatic carbocycles. The van der Waals surface area contributed by atoms with Gasteiger partial charge in [0.1, 0.15) is 12.2 Å². The minimum absolute atomic E-state index is 0.0662. The van der Waals surface area contributed by atoms with Crippen LogP contribution in [0.3, 0.4) is 0 Å². The summed E-state index contributed by atoms with van der Waals surface area (Å²) in [4.78, 5) is 22.3. The van der Waals surface area contributed by atoms with Crippen molar-refractivity contribution >= 4 is 16.8 Å². The van der Waals surface area contributed by atoms with Gasteiger partial charge in [-0.25, -0.2) is 4.98 Å². The molecule has 26 heavy (non-hydrogen) atoms. The lowest BCUT2D eigenvalue weighted by Crippen LogP contribution is -2.32.